The summed E-state index contributed by atoms with van der Waals surface area (Å²) in [5.74, 6) is 0. The molecule has 0 aromatic heterocycles. The number of rotatable bonds is 12. The molecule has 28 heavy (non-hydrogen) atoms. The Kier molecular flexibility index (Phi) is 24.4. The van der Waals surface area contributed by atoms with Crippen molar-refractivity contribution >= 4 is 17.2 Å². The van der Waals surface area contributed by atoms with Crippen LogP contribution in [0.25, 0.3) is 0 Å². The van der Waals surface area contributed by atoms with Crippen LogP contribution >= 0.6 is 17.2 Å². The molecule has 0 heterocycles. The van der Waals surface area contributed by atoms with Gasteiger partial charge in [-0.3, -0.25) is 0 Å². The predicted octanol–water partition coefficient (Wildman–Crippen LogP) is -1.09. The second-order valence-electron chi connectivity index (χ2n) is 5.66. The van der Waals surface area contributed by atoms with Crippen LogP contribution < -0.4 is 0 Å². The van der Waals surface area contributed by atoms with E-state index >= 15 is 0 Å². The molecule has 0 spiro atoms. The lowest BCUT2D eigenvalue weighted by Crippen LogP contribution is -2.53. The Balaban J connectivity index is -0.000000656. The van der Waals surface area contributed by atoms with Gasteiger partial charge in [0.25, 0.3) is 0 Å². The summed E-state index contributed by atoms with van der Waals surface area (Å²) in [4.78, 5) is 43.4. The molecule has 0 aromatic carbocycles. The lowest BCUT2D eigenvalue weighted by molar-refractivity contribution is -0.234. The number of ether oxygens (including phenoxy) is 3. The fourth-order valence-electron chi connectivity index (χ4n) is 1.94. The lowest BCUT2D eigenvalue weighted by atomic mass is 9.81. The zero-order chi connectivity index (χ0) is 22.8. The highest BCUT2D eigenvalue weighted by Gasteiger charge is 2.43. The standard InChI is InChI=1S/C14H30O6.2H3O3P/c1-5-6-7-19-12(3)20-13(11(2)18-4)14(8-15,9-16)10-17;2*1-4(2)3/h11-13,15-17H,5-10H2,1-4H3;2*1-3H. The number of aliphatic hydroxyl groups is 3. The van der Waals surface area contributed by atoms with Crippen molar-refractivity contribution < 1.29 is 58.9 Å². The first-order valence-electron chi connectivity index (χ1n) is 8.33. The van der Waals surface area contributed by atoms with Gasteiger partial charge in [-0.25, -0.2) is 0 Å². The van der Waals surface area contributed by atoms with Crippen LogP contribution in [0.5, 0.6) is 0 Å². The molecule has 0 amide bonds. The maximum absolute atomic E-state index is 9.52. The minimum absolute atomic E-state index is 0.403. The largest absolute Gasteiger partial charge is 0.396 e. The molecule has 12 nitrogen and oxygen atoms in total. The highest BCUT2D eigenvalue weighted by atomic mass is 31.2. The molecule has 9 N–H and O–H groups in total. The van der Waals surface area contributed by atoms with Crippen LogP contribution in [0.4, 0.5) is 0 Å². The van der Waals surface area contributed by atoms with E-state index in [1.54, 1.807) is 13.8 Å². The van der Waals surface area contributed by atoms with Crippen LogP contribution in [0.15, 0.2) is 0 Å². The van der Waals surface area contributed by atoms with Crippen LogP contribution in [0.1, 0.15) is 33.6 Å². The van der Waals surface area contributed by atoms with Crippen molar-refractivity contribution in [2.75, 3.05) is 33.5 Å². The van der Waals surface area contributed by atoms with Crippen LogP contribution in [0, 0.1) is 5.41 Å². The van der Waals surface area contributed by atoms with Gasteiger partial charge in [0.05, 0.1) is 37.4 Å². The normalized spacial score (nSPS) is 14.7. The third kappa shape index (κ3) is 18.4. The first kappa shape index (κ1) is 33.0. The average Bonchev–Trinajstić information content (AvgIpc) is 2.61. The van der Waals surface area contributed by atoms with Gasteiger partial charge in [-0.1, -0.05) is 13.3 Å². The zero-order valence-electron chi connectivity index (χ0n) is 16.6. The Hall–Kier alpha value is 0.380. The number of hydrogen-bond donors (Lipinski definition) is 9. The number of methoxy groups -OCH3 is 1. The molecule has 3 atom stereocenters. The Labute approximate surface area is 168 Å². The van der Waals surface area contributed by atoms with Crippen molar-refractivity contribution in [2.45, 2.75) is 52.1 Å². The monoisotopic (exact) mass is 458 g/mol. The molecule has 0 radical (unpaired) electrons. The van der Waals surface area contributed by atoms with E-state index in [9.17, 15) is 15.3 Å². The first-order chi connectivity index (χ1) is 13.0. The summed E-state index contributed by atoms with van der Waals surface area (Å²) >= 11 is 0. The van der Waals surface area contributed by atoms with Gasteiger partial charge in [-0.2, -0.15) is 0 Å². The van der Waals surface area contributed by atoms with E-state index in [0.717, 1.165) is 12.8 Å². The molecule has 0 aromatic rings. The molecule has 0 fully saturated rings. The Morgan fingerprint density at radius 3 is 1.54 bits per heavy atom. The SMILES string of the molecule is CCCCOC(C)OC(C(C)OC)C(CO)(CO)CO.OP(O)O.OP(O)O. The van der Waals surface area contributed by atoms with E-state index in [2.05, 4.69) is 6.92 Å². The van der Waals surface area contributed by atoms with Crippen molar-refractivity contribution in [3.63, 3.8) is 0 Å². The fourth-order valence-corrected chi connectivity index (χ4v) is 1.94. The van der Waals surface area contributed by atoms with Gasteiger partial charge in [-0.05, 0) is 20.3 Å². The second-order valence-corrected chi connectivity index (χ2v) is 6.74. The lowest BCUT2D eigenvalue weighted by Gasteiger charge is -2.40. The van der Waals surface area contributed by atoms with E-state index in [1.807, 2.05) is 0 Å². The number of unbranched alkanes of at least 4 members (excludes halogenated alkanes) is 1. The molecule has 0 aliphatic heterocycles. The quantitative estimate of drug-likeness (QED) is 0.0971. The van der Waals surface area contributed by atoms with Gasteiger partial charge >= 0.3 is 17.2 Å². The van der Waals surface area contributed by atoms with Gasteiger partial charge in [0, 0.05) is 13.7 Å². The molecule has 0 saturated heterocycles. The van der Waals surface area contributed by atoms with E-state index in [-0.39, 0.29) is 0 Å². The number of aliphatic hydroxyl groups excluding tert-OH is 3. The first-order valence-corrected chi connectivity index (χ1v) is 10.7. The van der Waals surface area contributed by atoms with Crippen LogP contribution in [0.3, 0.4) is 0 Å². The van der Waals surface area contributed by atoms with Crippen molar-refractivity contribution in [2.24, 2.45) is 5.41 Å². The molecule has 3 unspecified atom stereocenters. The van der Waals surface area contributed by atoms with Gasteiger partial charge in [0.15, 0.2) is 6.29 Å². The van der Waals surface area contributed by atoms with Crippen molar-refractivity contribution in [3.05, 3.63) is 0 Å². The summed E-state index contributed by atoms with van der Waals surface area (Å²) in [6.45, 7) is 4.95. The van der Waals surface area contributed by atoms with Crippen molar-refractivity contribution in [3.8, 4) is 0 Å². The third-order valence-corrected chi connectivity index (χ3v) is 3.54. The van der Waals surface area contributed by atoms with Crippen LogP contribution in [-0.2, 0) is 14.2 Å². The topological polar surface area (TPSA) is 210 Å². The molecular formula is C14H36O12P2. The zero-order valence-corrected chi connectivity index (χ0v) is 18.4. The summed E-state index contributed by atoms with van der Waals surface area (Å²) in [6.07, 6.45) is 0.373. The van der Waals surface area contributed by atoms with E-state index in [4.69, 9.17) is 43.6 Å². The summed E-state index contributed by atoms with van der Waals surface area (Å²) in [7, 11) is -3.73. The maximum Gasteiger partial charge on any atom is 0.324 e. The maximum atomic E-state index is 9.52. The molecule has 0 rings (SSSR count). The fraction of sp³-hybridized carbons (Fsp3) is 1.00. The Morgan fingerprint density at radius 1 is 0.857 bits per heavy atom. The van der Waals surface area contributed by atoms with E-state index < -0.39 is 60.9 Å². The Morgan fingerprint density at radius 2 is 1.25 bits per heavy atom. The summed E-state index contributed by atoms with van der Waals surface area (Å²) in [5, 5.41) is 28.6. The molecule has 0 aliphatic rings. The van der Waals surface area contributed by atoms with E-state index in [0.29, 0.717) is 6.61 Å². The van der Waals surface area contributed by atoms with Crippen LogP contribution in [0.2, 0.25) is 0 Å². The molecule has 0 saturated carbocycles. The smallest absolute Gasteiger partial charge is 0.324 e. The van der Waals surface area contributed by atoms with Crippen molar-refractivity contribution in [1.82, 2.24) is 0 Å². The minimum Gasteiger partial charge on any atom is -0.396 e. The summed E-state index contributed by atoms with van der Waals surface area (Å²) in [5.41, 5.74) is -1.17. The molecule has 0 bridgehead atoms. The summed E-state index contributed by atoms with van der Waals surface area (Å²) < 4.78 is 16.5. The van der Waals surface area contributed by atoms with Gasteiger partial charge in [-0.15, -0.1) is 0 Å². The molecule has 0 aliphatic carbocycles. The second kappa shape index (κ2) is 20.6. The predicted molar refractivity (Wildman–Crippen MR) is 103 cm³/mol. The van der Waals surface area contributed by atoms with Crippen molar-refractivity contribution in [1.29, 1.82) is 0 Å². The minimum atomic E-state index is -2.62. The van der Waals surface area contributed by atoms with Crippen LogP contribution in [-0.4, -0.2) is 96.7 Å². The third-order valence-electron chi connectivity index (χ3n) is 3.54. The van der Waals surface area contributed by atoms with Gasteiger partial charge in [0.1, 0.15) is 0 Å². The highest BCUT2D eigenvalue weighted by Crippen LogP contribution is 2.28. The van der Waals surface area contributed by atoms with E-state index in [1.165, 1.54) is 7.11 Å². The molecule has 174 valence electrons. The summed E-state index contributed by atoms with van der Waals surface area (Å²) in [6, 6.07) is 0. The molecule has 14 heteroatoms. The average molecular weight is 458 g/mol. The highest BCUT2D eigenvalue weighted by molar-refractivity contribution is 7.38. The van der Waals surface area contributed by atoms with Gasteiger partial charge in [0.2, 0.25) is 0 Å². The van der Waals surface area contributed by atoms with Gasteiger partial charge < -0.3 is 58.9 Å². The Bertz CT molecular complexity index is 301. The number of hydrogen-bond acceptors (Lipinski definition) is 12. The molecular weight excluding hydrogens is 422 g/mol.